The molecule has 3 rings (SSSR count). The van der Waals surface area contributed by atoms with Crippen LogP contribution < -0.4 is 14.4 Å². The third-order valence-electron chi connectivity index (χ3n) is 4.52. The van der Waals surface area contributed by atoms with Crippen LogP contribution in [0.2, 0.25) is 0 Å². The fourth-order valence-electron chi connectivity index (χ4n) is 3.20. The highest BCUT2D eigenvalue weighted by atomic mass is 32.2. The molecule has 1 heterocycles. The van der Waals surface area contributed by atoms with Crippen LogP contribution in [0.4, 0.5) is 11.4 Å². The molecule has 6 nitrogen and oxygen atoms in total. The van der Waals surface area contributed by atoms with E-state index in [0.717, 1.165) is 16.8 Å². The van der Waals surface area contributed by atoms with Crippen molar-refractivity contribution >= 4 is 27.3 Å². The lowest BCUT2D eigenvalue weighted by molar-refractivity contribution is -0.118. The summed E-state index contributed by atoms with van der Waals surface area (Å²) in [5.74, 6) is 0.740. The maximum atomic E-state index is 12.7. The molecule has 2 aromatic rings. The highest BCUT2D eigenvalue weighted by Crippen LogP contribution is 2.31. The minimum absolute atomic E-state index is 0.0991. The number of carbonyl (C=O) groups is 1. The summed E-state index contributed by atoms with van der Waals surface area (Å²) in [6.45, 7) is 4.32. The first kappa shape index (κ1) is 18.3. The number of amides is 1. The molecule has 1 amide bonds. The van der Waals surface area contributed by atoms with Gasteiger partial charge in [0.2, 0.25) is 5.91 Å². The number of rotatable bonds is 5. The Bertz CT molecular complexity index is 954. The highest BCUT2D eigenvalue weighted by molar-refractivity contribution is 7.92. The van der Waals surface area contributed by atoms with E-state index in [9.17, 15) is 13.2 Å². The van der Waals surface area contributed by atoms with Crippen molar-refractivity contribution in [2.24, 2.45) is 0 Å². The molecule has 0 saturated heterocycles. The summed E-state index contributed by atoms with van der Waals surface area (Å²) in [5, 5.41) is 0. The minimum Gasteiger partial charge on any atom is -0.496 e. The lowest BCUT2D eigenvalue weighted by Crippen LogP contribution is -2.34. The van der Waals surface area contributed by atoms with Crippen molar-refractivity contribution < 1.29 is 17.9 Å². The molecule has 26 heavy (non-hydrogen) atoms. The molecule has 0 aliphatic carbocycles. The average Bonchev–Trinajstić information content (AvgIpc) is 2.61. The Kier molecular flexibility index (Phi) is 4.91. The number of sulfonamides is 1. The van der Waals surface area contributed by atoms with Crippen LogP contribution in [0.25, 0.3) is 0 Å². The van der Waals surface area contributed by atoms with Gasteiger partial charge in [0.15, 0.2) is 0 Å². The molecule has 0 aromatic heterocycles. The zero-order chi connectivity index (χ0) is 18.9. The molecule has 0 radical (unpaired) electrons. The van der Waals surface area contributed by atoms with Crippen molar-refractivity contribution in [2.45, 2.75) is 31.6 Å². The lowest BCUT2D eigenvalue weighted by atomic mass is 10.0. The zero-order valence-corrected chi connectivity index (χ0v) is 15.9. The molecule has 2 aromatic carbocycles. The molecule has 1 aliphatic heterocycles. The fraction of sp³-hybridized carbons (Fsp3) is 0.316. The molecule has 0 fully saturated rings. The molecule has 1 aliphatic rings. The zero-order valence-electron chi connectivity index (χ0n) is 15.1. The van der Waals surface area contributed by atoms with E-state index in [1.165, 1.54) is 6.07 Å². The summed E-state index contributed by atoms with van der Waals surface area (Å²) in [7, 11) is -2.16. The SMILES string of the molecule is CCN1C(=O)CCc2cc(NS(=O)(=O)c3ccc(OC)c(C)c3)ccc21. The molecule has 0 bridgehead atoms. The van der Waals surface area contributed by atoms with Crippen LogP contribution in [0.15, 0.2) is 41.3 Å². The van der Waals surface area contributed by atoms with Gasteiger partial charge in [-0.1, -0.05) is 0 Å². The van der Waals surface area contributed by atoms with Crippen molar-refractivity contribution in [3.05, 3.63) is 47.5 Å². The van der Waals surface area contributed by atoms with Crippen LogP contribution in [-0.4, -0.2) is 28.0 Å². The van der Waals surface area contributed by atoms with Gasteiger partial charge in [-0.25, -0.2) is 8.42 Å². The molecule has 0 unspecified atom stereocenters. The van der Waals surface area contributed by atoms with E-state index in [-0.39, 0.29) is 10.8 Å². The summed E-state index contributed by atoms with van der Waals surface area (Å²) in [5.41, 5.74) is 3.06. The van der Waals surface area contributed by atoms with Crippen LogP contribution in [-0.2, 0) is 21.2 Å². The molecule has 1 N–H and O–H groups in total. The van der Waals surface area contributed by atoms with Gasteiger partial charge in [0, 0.05) is 24.3 Å². The molecule has 138 valence electrons. The van der Waals surface area contributed by atoms with E-state index in [4.69, 9.17) is 4.74 Å². The Balaban J connectivity index is 1.89. The molecule has 7 heteroatoms. The normalized spacial score (nSPS) is 14.1. The molecule has 0 saturated carbocycles. The third kappa shape index (κ3) is 3.39. The van der Waals surface area contributed by atoms with Gasteiger partial charge < -0.3 is 9.64 Å². The monoisotopic (exact) mass is 374 g/mol. The molecular weight excluding hydrogens is 352 g/mol. The topological polar surface area (TPSA) is 75.7 Å². The van der Waals surface area contributed by atoms with Crippen LogP contribution in [0, 0.1) is 6.92 Å². The van der Waals surface area contributed by atoms with Crippen molar-refractivity contribution in [3.8, 4) is 5.75 Å². The van der Waals surface area contributed by atoms with Crippen LogP contribution in [0.3, 0.4) is 0 Å². The van der Waals surface area contributed by atoms with Crippen molar-refractivity contribution in [1.82, 2.24) is 0 Å². The second kappa shape index (κ2) is 6.99. The average molecular weight is 374 g/mol. The van der Waals surface area contributed by atoms with Gasteiger partial charge in [-0.15, -0.1) is 0 Å². The van der Waals surface area contributed by atoms with Gasteiger partial charge in [0.25, 0.3) is 10.0 Å². The van der Waals surface area contributed by atoms with E-state index in [2.05, 4.69) is 4.72 Å². The summed E-state index contributed by atoms with van der Waals surface area (Å²) in [6, 6.07) is 10.0. The maximum Gasteiger partial charge on any atom is 0.261 e. The number of ether oxygens (including phenoxy) is 1. The molecular formula is C19H22N2O4S. The van der Waals surface area contributed by atoms with E-state index >= 15 is 0 Å². The number of anilines is 2. The predicted octanol–water partition coefficient (Wildman–Crippen LogP) is 3.10. The first-order valence-corrected chi connectivity index (χ1v) is 9.94. The molecule has 0 spiro atoms. The van der Waals surface area contributed by atoms with Crippen LogP contribution >= 0.6 is 0 Å². The number of nitrogens with one attached hydrogen (secondary N) is 1. The quantitative estimate of drug-likeness (QED) is 0.873. The van der Waals surface area contributed by atoms with Crippen LogP contribution in [0.5, 0.6) is 5.75 Å². The van der Waals surface area contributed by atoms with E-state index in [0.29, 0.717) is 30.8 Å². The Hall–Kier alpha value is -2.54. The standard InChI is InChI=1S/C19H22N2O4S/c1-4-21-17-8-6-15(12-14(17)5-10-19(21)22)20-26(23,24)16-7-9-18(25-3)13(2)11-16/h6-9,11-12,20H,4-5,10H2,1-3H3. The van der Waals surface area contributed by atoms with E-state index in [1.54, 1.807) is 49.3 Å². The highest BCUT2D eigenvalue weighted by Gasteiger charge is 2.23. The number of aryl methyl sites for hydroxylation is 2. The Labute approximate surface area is 153 Å². The number of benzene rings is 2. The largest absolute Gasteiger partial charge is 0.496 e. The summed E-state index contributed by atoms with van der Waals surface area (Å²) >= 11 is 0. The van der Waals surface area contributed by atoms with Crippen molar-refractivity contribution in [3.63, 3.8) is 0 Å². The van der Waals surface area contributed by atoms with Crippen molar-refractivity contribution in [2.75, 3.05) is 23.3 Å². The predicted molar refractivity (Wildman–Crippen MR) is 101 cm³/mol. The number of fused-ring (bicyclic) bond motifs is 1. The summed E-state index contributed by atoms with van der Waals surface area (Å²) < 4.78 is 33.2. The fourth-order valence-corrected chi connectivity index (χ4v) is 4.34. The number of methoxy groups -OCH3 is 1. The van der Waals surface area contributed by atoms with Gasteiger partial charge >= 0.3 is 0 Å². The smallest absolute Gasteiger partial charge is 0.261 e. The van der Waals surface area contributed by atoms with E-state index in [1.807, 2.05) is 6.92 Å². The van der Waals surface area contributed by atoms with Crippen molar-refractivity contribution in [1.29, 1.82) is 0 Å². The molecule has 0 atom stereocenters. The van der Waals surface area contributed by atoms with Gasteiger partial charge in [-0.3, -0.25) is 9.52 Å². The second-order valence-electron chi connectivity index (χ2n) is 6.22. The number of hydrogen-bond acceptors (Lipinski definition) is 4. The first-order chi connectivity index (χ1) is 12.4. The maximum absolute atomic E-state index is 12.7. The Morgan fingerprint density at radius 1 is 1.15 bits per heavy atom. The first-order valence-electron chi connectivity index (χ1n) is 8.46. The number of carbonyl (C=O) groups excluding carboxylic acids is 1. The summed E-state index contributed by atoms with van der Waals surface area (Å²) in [4.78, 5) is 13.9. The van der Waals surface area contributed by atoms with Gasteiger partial charge in [0.05, 0.1) is 12.0 Å². The van der Waals surface area contributed by atoms with Gasteiger partial charge in [-0.05, 0) is 67.8 Å². The lowest BCUT2D eigenvalue weighted by Gasteiger charge is -2.28. The Morgan fingerprint density at radius 2 is 1.92 bits per heavy atom. The number of nitrogens with zero attached hydrogens (tertiary/aromatic N) is 1. The van der Waals surface area contributed by atoms with Gasteiger partial charge in [-0.2, -0.15) is 0 Å². The number of hydrogen-bond donors (Lipinski definition) is 1. The van der Waals surface area contributed by atoms with Gasteiger partial charge in [0.1, 0.15) is 5.75 Å². The second-order valence-corrected chi connectivity index (χ2v) is 7.90. The van der Waals surface area contributed by atoms with E-state index < -0.39 is 10.0 Å². The van der Waals surface area contributed by atoms with Crippen LogP contribution in [0.1, 0.15) is 24.5 Å². The minimum atomic E-state index is -3.70. The Morgan fingerprint density at radius 3 is 2.58 bits per heavy atom. The third-order valence-corrected chi connectivity index (χ3v) is 5.90. The summed E-state index contributed by atoms with van der Waals surface area (Å²) in [6.07, 6.45) is 1.05.